The Hall–Kier alpha value is -3.75. The Labute approximate surface area is 160 Å². The van der Waals surface area contributed by atoms with E-state index in [1.807, 2.05) is 26.0 Å². The number of aryl methyl sites for hydroxylation is 2. The first-order valence-electron chi connectivity index (χ1n) is 8.46. The Morgan fingerprint density at radius 2 is 1.82 bits per heavy atom. The molecule has 2 amide bonds. The summed E-state index contributed by atoms with van der Waals surface area (Å²) in [5.74, 6) is -1.53. The molecule has 0 aliphatic rings. The Morgan fingerprint density at radius 1 is 1.07 bits per heavy atom. The predicted molar refractivity (Wildman–Crippen MR) is 103 cm³/mol. The first-order valence-corrected chi connectivity index (χ1v) is 8.46. The summed E-state index contributed by atoms with van der Waals surface area (Å²) in [4.78, 5) is 24.5. The van der Waals surface area contributed by atoms with Crippen molar-refractivity contribution in [3.05, 3.63) is 65.1 Å². The van der Waals surface area contributed by atoms with E-state index < -0.39 is 17.6 Å². The number of hydrogen-bond donors (Lipinski definition) is 3. The van der Waals surface area contributed by atoms with E-state index in [1.165, 1.54) is 18.2 Å². The zero-order valence-corrected chi connectivity index (χ0v) is 15.4. The SMILES string of the molecule is Cc1ccc(NC(=O)c2nnn(CC(=O)Nc3cccc(F)c3)c2N)cc1C. The molecular formula is C19H19FN6O2. The highest BCUT2D eigenvalue weighted by Gasteiger charge is 2.19. The highest BCUT2D eigenvalue weighted by atomic mass is 19.1. The largest absolute Gasteiger partial charge is 0.382 e. The molecule has 0 saturated carbocycles. The lowest BCUT2D eigenvalue weighted by Gasteiger charge is -2.07. The van der Waals surface area contributed by atoms with Crippen molar-refractivity contribution < 1.29 is 14.0 Å². The molecule has 1 aromatic heterocycles. The van der Waals surface area contributed by atoms with Crippen LogP contribution in [0.4, 0.5) is 21.6 Å². The second-order valence-electron chi connectivity index (χ2n) is 6.29. The minimum atomic E-state index is -0.530. The highest BCUT2D eigenvalue weighted by Crippen LogP contribution is 2.17. The van der Waals surface area contributed by atoms with E-state index >= 15 is 0 Å². The number of rotatable bonds is 5. The molecule has 0 radical (unpaired) electrons. The maximum atomic E-state index is 13.2. The lowest BCUT2D eigenvalue weighted by atomic mass is 10.1. The van der Waals surface area contributed by atoms with E-state index in [1.54, 1.807) is 12.1 Å². The number of benzene rings is 2. The van der Waals surface area contributed by atoms with Gasteiger partial charge >= 0.3 is 0 Å². The highest BCUT2D eigenvalue weighted by molar-refractivity contribution is 6.05. The average molecular weight is 382 g/mol. The van der Waals surface area contributed by atoms with Crippen molar-refractivity contribution in [2.45, 2.75) is 20.4 Å². The van der Waals surface area contributed by atoms with Crippen molar-refractivity contribution in [3.63, 3.8) is 0 Å². The third kappa shape index (κ3) is 4.32. The standard InChI is InChI=1S/C19H19FN6O2/c1-11-6-7-15(8-12(11)2)23-19(28)17-18(21)26(25-24-17)10-16(27)22-14-5-3-4-13(20)9-14/h3-9H,10,21H2,1-2H3,(H,22,27)(H,23,28). The number of nitrogen functional groups attached to an aromatic ring is 1. The number of aromatic nitrogens is 3. The van der Waals surface area contributed by atoms with E-state index in [-0.39, 0.29) is 18.1 Å². The van der Waals surface area contributed by atoms with E-state index in [0.29, 0.717) is 11.4 Å². The summed E-state index contributed by atoms with van der Waals surface area (Å²) < 4.78 is 14.3. The van der Waals surface area contributed by atoms with E-state index in [9.17, 15) is 14.0 Å². The maximum Gasteiger partial charge on any atom is 0.280 e. The molecule has 8 nitrogen and oxygen atoms in total. The monoisotopic (exact) mass is 382 g/mol. The summed E-state index contributed by atoms with van der Waals surface area (Å²) in [7, 11) is 0. The molecular weight excluding hydrogens is 363 g/mol. The van der Waals surface area contributed by atoms with Crippen molar-refractivity contribution in [2.24, 2.45) is 0 Å². The summed E-state index contributed by atoms with van der Waals surface area (Å²) in [6.07, 6.45) is 0. The molecule has 0 unspecified atom stereocenters. The molecule has 2 aromatic carbocycles. The van der Waals surface area contributed by atoms with Gasteiger partial charge in [0.05, 0.1) is 0 Å². The Bertz CT molecular complexity index is 1050. The molecule has 3 rings (SSSR count). The van der Waals surface area contributed by atoms with Crippen LogP contribution in [0.1, 0.15) is 21.6 Å². The zero-order valence-electron chi connectivity index (χ0n) is 15.4. The molecule has 0 fully saturated rings. The second kappa shape index (κ2) is 7.87. The van der Waals surface area contributed by atoms with Crippen molar-refractivity contribution in [2.75, 3.05) is 16.4 Å². The molecule has 3 aromatic rings. The van der Waals surface area contributed by atoms with Gasteiger partial charge in [0.25, 0.3) is 5.91 Å². The van der Waals surface area contributed by atoms with Crippen LogP contribution in [-0.2, 0) is 11.3 Å². The molecule has 1 heterocycles. The fourth-order valence-electron chi connectivity index (χ4n) is 2.51. The number of amides is 2. The quantitative estimate of drug-likeness (QED) is 0.627. The van der Waals surface area contributed by atoms with Crippen molar-refractivity contribution in [1.82, 2.24) is 15.0 Å². The van der Waals surface area contributed by atoms with Gasteiger partial charge in [-0.15, -0.1) is 5.10 Å². The van der Waals surface area contributed by atoms with Crippen LogP contribution in [0, 0.1) is 19.7 Å². The van der Waals surface area contributed by atoms with Gasteiger partial charge in [0.2, 0.25) is 5.91 Å². The van der Waals surface area contributed by atoms with Crippen LogP contribution in [-0.4, -0.2) is 26.8 Å². The van der Waals surface area contributed by atoms with Gasteiger partial charge in [-0.2, -0.15) is 0 Å². The van der Waals surface area contributed by atoms with Gasteiger partial charge in [-0.25, -0.2) is 9.07 Å². The first-order chi connectivity index (χ1) is 13.3. The summed E-state index contributed by atoms with van der Waals surface area (Å²) >= 11 is 0. The number of carbonyl (C=O) groups is 2. The van der Waals surface area contributed by atoms with Gasteiger partial charge in [0.1, 0.15) is 12.4 Å². The van der Waals surface area contributed by atoms with Crippen LogP contribution >= 0.6 is 0 Å². The number of nitrogens with zero attached hydrogens (tertiary/aromatic N) is 3. The van der Waals surface area contributed by atoms with Gasteiger partial charge in [0.15, 0.2) is 11.5 Å². The number of nitrogens with one attached hydrogen (secondary N) is 2. The maximum absolute atomic E-state index is 13.2. The molecule has 0 bridgehead atoms. The lowest BCUT2D eigenvalue weighted by molar-refractivity contribution is -0.116. The van der Waals surface area contributed by atoms with Gasteiger partial charge < -0.3 is 16.4 Å². The van der Waals surface area contributed by atoms with Crippen LogP contribution in [0.2, 0.25) is 0 Å². The molecule has 0 spiro atoms. The minimum absolute atomic E-state index is 0.0456. The van der Waals surface area contributed by atoms with Gasteiger partial charge in [0, 0.05) is 11.4 Å². The molecule has 9 heteroatoms. The lowest BCUT2D eigenvalue weighted by Crippen LogP contribution is -2.21. The van der Waals surface area contributed by atoms with Crippen LogP contribution in [0.3, 0.4) is 0 Å². The molecule has 0 saturated heterocycles. The Balaban J connectivity index is 1.68. The van der Waals surface area contributed by atoms with Crippen molar-refractivity contribution in [3.8, 4) is 0 Å². The average Bonchev–Trinajstić information content (AvgIpc) is 2.99. The fourth-order valence-corrected chi connectivity index (χ4v) is 2.51. The van der Waals surface area contributed by atoms with Crippen molar-refractivity contribution in [1.29, 1.82) is 0 Å². The van der Waals surface area contributed by atoms with Crippen molar-refractivity contribution >= 4 is 29.0 Å². The number of halogens is 1. The minimum Gasteiger partial charge on any atom is -0.382 e. The Morgan fingerprint density at radius 3 is 2.54 bits per heavy atom. The summed E-state index contributed by atoms with van der Waals surface area (Å²) in [5, 5.41) is 12.7. The normalized spacial score (nSPS) is 10.5. The molecule has 144 valence electrons. The number of hydrogen-bond acceptors (Lipinski definition) is 5. The second-order valence-corrected chi connectivity index (χ2v) is 6.29. The van der Waals surface area contributed by atoms with E-state index in [4.69, 9.17) is 5.73 Å². The first kappa shape index (κ1) is 19.0. The van der Waals surface area contributed by atoms with E-state index in [0.717, 1.165) is 15.8 Å². The van der Waals surface area contributed by atoms with Crippen LogP contribution in [0.25, 0.3) is 0 Å². The van der Waals surface area contributed by atoms with E-state index in [2.05, 4.69) is 20.9 Å². The molecule has 4 N–H and O–H groups in total. The summed E-state index contributed by atoms with van der Waals surface area (Å²) in [5.41, 5.74) is 8.87. The third-order valence-corrected chi connectivity index (χ3v) is 4.15. The molecule has 0 atom stereocenters. The zero-order chi connectivity index (χ0) is 20.3. The molecule has 0 aliphatic heterocycles. The number of nitrogens with two attached hydrogens (primary N) is 1. The smallest absolute Gasteiger partial charge is 0.280 e. The Kier molecular flexibility index (Phi) is 5.35. The van der Waals surface area contributed by atoms with Gasteiger partial charge in [-0.1, -0.05) is 17.3 Å². The molecule has 0 aliphatic carbocycles. The topological polar surface area (TPSA) is 115 Å². The number of carbonyl (C=O) groups excluding carboxylic acids is 2. The van der Waals surface area contributed by atoms with Crippen LogP contribution in [0.5, 0.6) is 0 Å². The molecule has 28 heavy (non-hydrogen) atoms. The predicted octanol–water partition coefficient (Wildman–Crippen LogP) is 2.51. The summed E-state index contributed by atoms with van der Waals surface area (Å²) in [6.45, 7) is 3.64. The number of anilines is 3. The third-order valence-electron chi connectivity index (χ3n) is 4.15. The summed E-state index contributed by atoms with van der Waals surface area (Å²) in [6, 6.07) is 11.0. The fraction of sp³-hybridized carbons (Fsp3) is 0.158. The van der Waals surface area contributed by atoms with Crippen LogP contribution in [0.15, 0.2) is 42.5 Å². The van der Waals surface area contributed by atoms with Gasteiger partial charge in [-0.3, -0.25) is 9.59 Å². The van der Waals surface area contributed by atoms with Crippen LogP contribution < -0.4 is 16.4 Å². The van der Waals surface area contributed by atoms with Gasteiger partial charge in [-0.05, 0) is 55.3 Å².